The summed E-state index contributed by atoms with van der Waals surface area (Å²) in [6, 6.07) is 28.0. The molecule has 4 rings (SSSR count). The fraction of sp³-hybridized carbons (Fsp3) is 0.161. The van der Waals surface area contributed by atoms with Crippen LogP contribution in [0, 0.1) is 5.82 Å². The maximum absolute atomic E-state index is 13.7. The molecule has 0 saturated carbocycles. The molecule has 0 heterocycles. The summed E-state index contributed by atoms with van der Waals surface area (Å²) in [7, 11) is 1.59. The molecule has 0 saturated heterocycles. The Balaban J connectivity index is 1.62. The summed E-state index contributed by atoms with van der Waals surface area (Å²) < 4.78 is 24.5. The van der Waals surface area contributed by atoms with Crippen molar-refractivity contribution in [1.29, 1.82) is 0 Å². The lowest BCUT2D eigenvalue weighted by Crippen LogP contribution is -2.45. The van der Waals surface area contributed by atoms with Gasteiger partial charge in [0.2, 0.25) is 5.91 Å². The molecule has 200 valence electrons. The largest absolute Gasteiger partial charge is 0.497 e. The molecular formula is C31H28ClFN2O4. The lowest BCUT2D eigenvalue weighted by Gasteiger charge is -2.31. The molecule has 0 aliphatic heterocycles. The molecular weight excluding hydrogens is 519 g/mol. The van der Waals surface area contributed by atoms with Crippen molar-refractivity contribution in [3.05, 3.63) is 131 Å². The summed E-state index contributed by atoms with van der Waals surface area (Å²) in [6.07, 6.45) is 0. The van der Waals surface area contributed by atoms with Crippen LogP contribution in [0.15, 0.2) is 103 Å². The lowest BCUT2D eigenvalue weighted by atomic mass is 10.0. The number of nitrogens with one attached hydrogen (secondary N) is 1. The first-order valence-electron chi connectivity index (χ1n) is 12.3. The fourth-order valence-electron chi connectivity index (χ4n) is 4.03. The SMILES string of the molecule is COc1ccc(CNC(=O)[C@@H](c2ccccc2)N(Cc2ccc(F)cc2)C(=O)COc2ccccc2Cl)cc1. The van der Waals surface area contributed by atoms with Crippen LogP contribution in [-0.2, 0) is 22.7 Å². The number of amides is 2. The Hall–Kier alpha value is -4.36. The zero-order valence-corrected chi connectivity index (χ0v) is 22.1. The van der Waals surface area contributed by atoms with Crippen molar-refractivity contribution in [3.8, 4) is 11.5 Å². The highest BCUT2D eigenvalue weighted by molar-refractivity contribution is 6.32. The number of benzene rings is 4. The van der Waals surface area contributed by atoms with E-state index in [1.807, 2.05) is 30.3 Å². The van der Waals surface area contributed by atoms with Crippen molar-refractivity contribution < 1.29 is 23.5 Å². The molecule has 39 heavy (non-hydrogen) atoms. The number of nitrogens with zero attached hydrogens (tertiary/aromatic N) is 1. The van der Waals surface area contributed by atoms with E-state index in [2.05, 4.69) is 5.32 Å². The van der Waals surface area contributed by atoms with Crippen molar-refractivity contribution in [2.24, 2.45) is 0 Å². The second kappa shape index (κ2) is 13.4. The molecule has 0 spiro atoms. The zero-order chi connectivity index (χ0) is 27.6. The molecule has 0 aliphatic rings. The van der Waals surface area contributed by atoms with Gasteiger partial charge in [0.25, 0.3) is 5.91 Å². The van der Waals surface area contributed by atoms with Gasteiger partial charge in [0.15, 0.2) is 6.61 Å². The molecule has 0 aromatic heterocycles. The first-order chi connectivity index (χ1) is 18.9. The smallest absolute Gasteiger partial charge is 0.261 e. The highest BCUT2D eigenvalue weighted by Crippen LogP contribution is 2.26. The van der Waals surface area contributed by atoms with Crippen molar-refractivity contribution in [2.75, 3.05) is 13.7 Å². The minimum atomic E-state index is -0.975. The molecule has 8 heteroatoms. The Labute approximate surface area is 231 Å². The van der Waals surface area contributed by atoms with Crippen LogP contribution >= 0.6 is 11.6 Å². The van der Waals surface area contributed by atoms with Gasteiger partial charge in [-0.15, -0.1) is 0 Å². The molecule has 6 nitrogen and oxygen atoms in total. The van der Waals surface area contributed by atoms with Crippen molar-refractivity contribution in [2.45, 2.75) is 19.1 Å². The maximum atomic E-state index is 13.7. The Morgan fingerprint density at radius 3 is 2.18 bits per heavy atom. The first-order valence-corrected chi connectivity index (χ1v) is 12.7. The average molecular weight is 547 g/mol. The van der Waals surface area contributed by atoms with Crippen LogP contribution in [0.2, 0.25) is 5.02 Å². The Morgan fingerprint density at radius 2 is 1.51 bits per heavy atom. The molecule has 0 unspecified atom stereocenters. The van der Waals surface area contributed by atoms with Gasteiger partial charge in [-0.05, 0) is 53.1 Å². The van der Waals surface area contributed by atoms with Crippen LogP contribution in [0.1, 0.15) is 22.7 Å². The predicted molar refractivity (Wildman–Crippen MR) is 148 cm³/mol. The normalized spacial score (nSPS) is 11.4. The van der Waals surface area contributed by atoms with Gasteiger partial charge in [-0.2, -0.15) is 0 Å². The molecule has 0 aliphatic carbocycles. The summed E-state index contributed by atoms with van der Waals surface area (Å²) in [4.78, 5) is 28.8. The van der Waals surface area contributed by atoms with Crippen LogP contribution < -0.4 is 14.8 Å². The van der Waals surface area contributed by atoms with Gasteiger partial charge in [-0.3, -0.25) is 9.59 Å². The van der Waals surface area contributed by atoms with E-state index in [1.54, 1.807) is 67.8 Å². The van der Waals surface area contributed by atoms with E-state index in [9.17, 15) is 14.0 Å². The number of hydrogen-bond acceptors (Lipinski definition) is 4. The van der Waals surface area contributed by atoms with E-state index in [0.29, 0.717) is 27.6 Å². The highest BCUT2D eigenvalue weighted by atomic mass is 35.5. The van der Waals surface area contributed by atoms with E-state index in [-0.39, 0.29) is 25.6 Å². The van der Waals surface area contributed by atoms with Gasteiger partial charge in [-0.1, -0.05) is 78.3 Å². The average Bonchev–Trinajstić information content (AvgIpc) is 2.97. The Kier molecular flexibility index (Phi) is 9.53. The molecule has 2 amide bonds. The monoisotopic (exact) mass is 546 g/mol. The number of carbonyl (C=O) groups excluding carboxylic acids is 2. The Morgan fingerprint density at radius 1 is 0.872 bits per heavy atom. The third-order valence-corrected chi connectivity index (χ3v) is 6.39. The van der Waals surface area contributed by atoms with E-state index < -0.39 is 17.8 Å². The summed E-state index contributed by atoms with van der Waals surface area (Å²) >= 11 is 6.20. The second-order valence-electron chi connectivity index (χ2n) is 8.75. The van der Waals surface area contributed by atoms with Gasteiger partial charge in [0.05, 0.1) is 12.1 Å². The Bertz CT molecular complexity index is 1380. The van der Waals surface area contributed by atoms with Crippen molar-refractivity contribution >= 4 is 23.4 Å². The molecule has 0 bridgehead atoms. The number of rotatable bonds is 11. The van der Waals surface area contributed by atoms with Crippen LogP contribution in [0.5, 0.6) is 11.5 Å². The van der Waals surface area contributed by atoms with Crippen LogP contribution in [0.3, 0.4) is 0 Å². The summed E-state index contributed by atoms with van der Waals surface area (Å²) in [5.41, 5.74) is 2.15. The summed E-state index contributed by atoms with van der Waals surface area (Å²) in [5, 5.41) is 3.32. The highest BCUT2D eigenvalue weighted by Gasteiger charge is 2.32. The van der Waals surface area contributed by atoms with Crippen molar-refractivity contribution in [3.63, 3.8) is 0 Å². The van der Waals surface area contributed by atoms with Crippen LogP contribution in [0.25, 0.3) is 0 Å². The molecule has 1 N–H and O–H groups in total. The van der Waals surface area contributed by atoms with E-state index in [4.69, 9.17) is 21.1 Å². The molecule has 0 fully saturated rings. The predicted octanol–water partition coefficient (Wildman–Crippen LogP) is 5.95. The van der Waals surface area contributed by atoms with Crippen molar-refractivity contribution in [1.82, 2.24) is 10.2 Å². The number of halogens is 2. The van der Waals surface area contributed by atoms with Gasteiger partial charge < -0.3 is 19.7 Å². The van der Waals surface area contributed by atoms with Gasteiger partial charge >= 0.3 is 0 Å². The van der Waals surface area contributed by atoms with Gasteiger partial charge in [0, 0.05) is 13.1 Å². The number of carbonyl (C=O) groups is 2. The molecule has 4 aromatic carbocycles. The number of hydrogen-bond donors (Lipinski definition) is 1. The van der Waals surface area contributed by atoms with Gasteiger partial charge in [0.1, 0.15) is 23.4 Å². The molecule has 1 atom stereocenters. The number of ether oxygens (including phenoxy) is 2. The maximum Gasteiger partial charge on any atom is 0.261 e. The van der Waals surface area contributed by atoms with E-state index in [0.717, 1.165) is 5.56 Å². The fourth-order valence-corrected chi connectivity index (χ4v) is 4.22. The topological polar surface area (TPSA) is 67.9 Å². The van der Waals surface area contributed by atoms with Crippen LogP contribution in [0.4, 0.5) is 4.39 Å². The zero-order valence-electron chi connectivity index (χ0n) is 21.3. The summed E-state index contributed by atoms with van der Waals surface area (Å²) in [6.45, 7) is -0.0403. The third-order valence-electron chi connectivity index (χ3n) is 6.08. The van der Waals surface area contributed by atoms with Crippen LogP contribution in [-0.4, -0.2) is 30.4 Å². The van der Waals surface area contributed by atoms with E-state index in [1.165, 1.54) is 17.0 Å². The molecule has 4 aromatic rings. The lowest BCUT2D eigenvalue weighted by molar-refractivity contribution is -0.143. The van der Waals surface area contributed by atoms with Gasteiger partial charge in [-0.25, -0.2) is 4.39 Å². The minimum absolute atomic E-state index is 0.0561. The quantitative estimate of drug-likeness (QED) is 0.252. The third kappa shape index (κ3) is 7.58. The second-order valence-corrected chi connectivity index (χ2v) is 9.15. The molecule has 0 radical (unpaired) electrons. The summed E-state index contributed by atoms with van der Waals surface area (Å²) in [5.74, 6) is -0.135. The standard InChI is InChI=1S/C31H28ClFN2O4/c1-38-26-17-13-22(14-18-26)19-34-31(37)30(24-7-3-2-4-8-24)35(20-23-11-15-25(33)16-12-23)29(36)21-39-28-10-6-5-9-27(28)32/h2-18,30H,19-21H2,1H3,(H,34,37)/t30-/m1/s1. The number of methoxy groups -OCH3 is 1. The minimum Gasteiger partial charge on any atom is -0.497 e. The first kappa shape index (κ1) is 27.7. The number of para-hydroxylation sites is 1. The van der Waals surface area contributed by atoms with E-state index >= 15 is 0 Å².